The summed E-state index contributed by atoms with van der Waals surface area (Å²) in [7, 11) is 0. The molecule has 0 bridgehead atoms. The molecule has 0 aromatic heterocycles. The maximum Gasteiger partial charge on any atom is 0.0442 e. The predicted molar refractivity (Wildman–Crippen MR) is 73.1 cm³/mol. The number of rotatable bonds is 4. The first-order valence-electron chi connectivity index (χ1n) is 5.13. The van der Waals surface area contributed by atoms with E-state index in [4.69, 9.17) is 0 Å². The van der Waals surface area contributed by atoms with Crippen LogP contribution in [0.1, 0.15) is 5.56 Å². The van der Waals surface area contributed by atoms with Crippen molar-refractivity contribution in [2.45, 2.75) is 0 Å². The second-order valence-electron chi connectivity index (χ2n) is 3.30. The maximum atomic E-state index is 3.24. The molecule has 0 aliphatic rings. The molecule has 2 aromatic rings. The van der Waals surface area contributed by atoms with Gasteiger partial charge in [0.15, 0.2) is 0 Å². The van der Waals surface area contributed by atoms with Gasteiger partial charge in [-0.05, 0) is 41.1 Å². The van der Waals surface area contributed by atoms with Crippen molar-refractivity contribution in [3.63, 3.8) is 0 Å². The monoisotopic (exact) mass is 227 g/mol. The first-order chi connectivity index (χ1) is 7.95. The zero-order chi connectivity index (χ0) is 11.1. The first kappa shape index (κ1) is 10.8. The molecule has 0 saturated heterocycles. The molecule has 0 unspecified atom stereocenters. The molecule has 0 atom stereocenters. The highest BCUT2D eigenvalue weighted by molar-refractivity contribution is 8.03. The average Bonchev–Trinajstić information content (AvgIpc) is 2.37. The average molecular weight is 227 g/mol. The number of hydrogen-bond acceptors (Lipinski definition) is 2. The van der Waals surface area contributed by atoms with Gasteiger partial charge in [0.1, 0.15) is 0 Å². The van der Waals surface area contributed by atoms with Gasteiger partial charge >= 0.3 is 0 Å². The summed E-state index contributed by atoms with van der Waals surface area (Å²) in [6.07, 6.45) is 2.08. The van der Waals surface area contributed by atoms with Crippen LogP contribution in [0.15, 0.2) is 66.1 Å². The summed E-state index contributed by atoms with van der Waals surface area (Å²) in [6, 6.07) is 20.4. The first-order valence-corrected chi connectivity index (χ1v) is 6.01. The molecule has 0 aliphatic carbocycles. The van der Waals surface area contributed by atoms with E-state index in [1.165, 1.54) is 5.56 Å². The van der Waals surface area contributed by atoms with E-state index in [0.717, 1.165) is 5.69 Å². The van der Waals surface area contributed by atoms with Crippen molar-refractivity contribution in [2.24, 2.45) is 0 Å². The predicted octanol–water partition coefficient (Wildman–Crippen LogP) is 4.42. The van der Waals surface area contributed by atoms with Crippen LogP contribution in [0.5, 0.6) is 0 Å². The van der Waals surface area contributed by atoms with Gasteiger partial charge in [0.25, 0.3) is 0 Å². The topological polar surface area (TPSA) is 12.0 Å². The minimum Gasteiger partial charge on any atom is -0.326 e. The van der Waals surface area contributed by atoms with E-state index in [-0.39, 0.29) is 0 Å². The Morgan fingerprint density at radius 3 is 2.12 bits per heavy atom. The molecule has 1 nitrogen and oxygen atoms in total. The highest BCUT2D eigenvalue weighted by Gasteiger charge is 1.86. The lowest BCUT2D eigenvalue weighted by Crippen LogP contribution is -1.81. The highest BCUT2D eigenvalue weighted by atomic mass is 32.2. The Bertz CT molecular complexity index is 437. The third-order valence-corrected chi connectivity index (χ3v) is 2.70. The zero-order valence-electron chi connectivity index (χ0n) is 8.84. The SMILES string of the molecule is C(=C\c1ccccc1)/SNc1ccccc1. The molecule has 0 heterocycles. The standard InChI is InChI=1S/C14H13NS/c1-3-7-13(8-4-1)11-12-16-15-14-9-5-2-6-10-14/h1-12,15H/b12-11+. The molecule has 2 rings (SSSR count). The fourth-order valence-corrected chi connectivity index (χ4v) is 1.85. The number of nitrogens with one attached hydrogen (secondary N) is 1. The third kappa shape index (κ3) is 3.48. The quantitative estimate of drug-likeness (QED) is 0.776. The minimum absolute atomic E-state index is 1.12. The van der Waals surface area contributed by atoms with Gasteiger partial charge in [0, 0.05) is 5.69 Å². The van der Waals surface area contributed by atoms with Crippen molar-refractivity contribution in [1.29, 1.82) is 0 Å². The van der Waals surface area contributed by atoms with Gasteiger partial charge in [-0.15, -0.1) is 0 Å². The van der Waals surface area contributed by atoms with Gasteiger partial charge in [-0.1, -0.05) is 48.5 Å². The highest BCUT2D eigenvalue weighted by Crippen LogP contribution is 2.13. The Morgan fingerprint density at radius 2 is 1.44 bits per heavy atom. The van der Waals surface area contributed by atoms with Crippen molar-refractivity contribution in [3.8, 4) is 0 Å². The van der Waals surface area contributed by atoms with E-state index in [9.17, 15) is 0 Å². The maximum absolute atomic E-state index is 3.24. The lowest BCUT2D eigenvalue weighted by molar-refractivity contribution is 1.66. The molecule has 16 heavy (non-hydrogen) atoms. The second kappa shape index (κ2) is 6.03. The fraction of sp³-hybridized carbons (Fsp3) is 0. The number of benzene rings is 2. The summed E-state index contributed by atoms with van der Waals surface area (Å²) in [6.45, 7) is 0. The van der Waals surface area contributed by atoms with Crippen LogP contribution in [-0.4, -0.2) is 0 Å². The molecule has 0 aliphatic heterocycles. The zero-order valence-corrected chi connectivity index (χ0v) is 9.65. The summed E-state index contributed by atoms with van der Waals surface area (Å²) >= 11 is 1.57. The molecular formula is C14H13NS. The Balaban J connectivity index is 1.83. The van der Waals surface area contributed by atoms with Gasteiger partial charge in [0.05, 0.1) is 0 Å². The molecule has 0 spiro atoms. The number of anilines is 1. The Morgan fingerprint density at radius 1 is 0.812 bits per heavy atom. The van der Waals surface area contributed by atoms with E-state index < -0.39 is 0 Å². The van der Waals surface area contributed by atoms with E-state index in [0.29, 0.717) is 0 Å². The summed E-state index contributed by atoms with van der Waals surface area (Å²) < 4.78 is 3.24. The largest absolute Gasteiger partial charge is 0.326 e. The van der Waals surface area contributed by atoms with E-state index in [1.54, 1.807) is 11.9 Å². The Labute approximate surface area is 100 Å². The van der Waals surface area contributed by atoms with Crippen molar-refractivity contribution >= 4 is 23.7 Å². The number of para-hydroxylation sites is 1. The molecule has 2 heteroatoms. The Hall–Kier alpha value is -1.67. The van der Waals surface area contributed by atoms with E-state index >= 15 is 0 Å². The van der Waals surface area contributed by atoms with Crippen LogP contribution in [0.2, 0.25) is 0 Å². The lowest BCUT2D eigenvalue weighted by Gasteiger charge is -2.00. The van der Waals surface area contributed by atoms with Crippen LogP contribution in [0, 0.1) is 0 Å². The van der Waals surface area contributed by atoms with Gasteiger partial charge < -0.3 is 4.72 Å². The second-order valence-corrected chi connectivity index (χ2v) is 4.01. The van der Waals surface area contributed by atoms with Crippen molar-refractivity contribution in [1.82, 2.24) is 0 Å². The van der Waals surface area contributed by atoms with Crippen LogP contribution < -0.4 is 4.72 Å². The van der Waals surface area contributed by atoms with Gasteiger partial charge in [-0.25, -0.2) is 0 Å². The molecular weight excluding hydrogens is 214 g/mol. The van der Waals surface area contributed by atoms with Crippen LogP contribution >= 0.6 is 11.9 Å². The molecule has 0 amide bonds. The molecule has 0 radical (unpaired) electrons. The summed E-state index contributed by atoms with van der Waals surface area (Å²) in [5.41, 5.74) is 2.33. The summed E-state index contributed by atoms with van der Waals surface area (Å²) in [4.78, 5) is 0. The van der Waals surface area contributed by atoms with Crippen LogP contribution in [-0.2, 0) is 0 Å². The van der Waals surface area contributed by atoms with Crippen molar-refractivity contribution in [2.75, 3.05) is 4.72 Å². The fourth-order valence-electron chi connectivity index (χ4n) is 1.28. The molecule has 0 fully saturated rings. The van der Waals surface area contributed by atoms with Gasteiger partial charge in [0.2, 0.25) is 0 Å². The normalized spacial score (nSPS) is 10.5. The summed E-state index contributed by atoms with van der Waals surface area (Å²) in [5.74, 6) is 0. The molecule has 1 N–H and O–H groups in total. The molecule has 0 saturated carbocycles. The van der Waals surface area contributed by atoms with Crippen LogP contribution in [0.25, 0.3) is 6.08 Å². The minimum atomic E-state index is 1.12. The third-order valence-electron chi connectivity index (χ3n) is 2.08. The van der Waals surface area contributed by atoms with Crippen molar-refractivity contribution in [3.05, 3.63) is 71.6 Å². The Kier molecular flexibility index (Phi) is 4.08. The van der Waals surface area contributed by atoms with E-state index in [1.807, 2.05) is 53.9 Å². The lowest BCUT2D eigenvalue weighted by atomic mass is 10.2. The summed E-state index contributed by atoms with van der Waals surface area (Å²) in [5, 5.41) is 2.04. The van der Waals surface area contributed by atoms with Crippen LogP contribution in [0.4, 0.5) is 5.69 Å². The van der Waals surface area contributed by atoms with Gasteiger partial charge in [-0.2, -0.15) is 0 Å². The number of hydrogen-bond donors (Lipinski definition) is 1. The van der Waals surface area contributed by atoms with Crippen molar-refractivity contribution < 1.29 is 0 Å². The molecule has 80 valence electrons. The van der Waals surface area contributed by atoms with E-state index in [2.05, 4.69) is 22.9 Å². The van der Waals surface area contributed by atoms with Crippen LogP contribution in [0.3, 0.4) is 0 Å². The molecule has 2 aromatic carbocycles. The smallest absolute Gasteiger partial charge is 0.0442 e. The van der Waals surface area contributed by atoms with Gasteiger partial charge in [-0.3, -0.25) is 0 Å².